The number of hydrogen-bond donors (Lipinski definition) is 5. The largest absolute Gasteiger partial charge is 0.504 e. The van der Waals surface area contributed by atoms with Gasteiger partial charge in [0.25, 0.3) is 0 Å². The Morgan fingerprint density at radius 3 is 1.83 bits per heavy atom. The number of aryl methyl sites for hydroxylation is 1. The van der Waals surface area contributed by atoms with Crippen molar-refractivity contribution >= 4 is 28.1 Å². The average Bonchev–Trinajstić information content (AvgIpc) is 2.64. The van der Waals surface area contributed by atoms with Crippen molar-refractivity contribution in [3.05, 3.63) is 16.7 Å². The number of rotatable bonds is 3. The van der Waals surface area contributed by atoms with Crippen molar-refractivity contribution in [2.24, 2.45) is 5.41 Å². The summed E-state index contributed by atoms with van der Waals surface area (Å²) >= 11 is 0. The normalized spacial score (nSPS) is 19.0. The predicted octanol–water partition coefficient (Wildman–Crippen LogP) is 1.70. The lowest BCUT2D eigenvalue weighted by atomic mass is 9.61. The molecule has 0 saturated heterocycles. The van der Waals surface area contributed by atoms with Gasteiger partial charge in [0.05, 0.1) is 23.7 Å². The zero-order chi connectivity index (χ0) is 22.2. The quantitative estimate of drug-likeness (QED) is 0.379. The highest BCUT2D eigenvalue weighted by molar-refractivity contribution is 6.38. The van der Waals surface area contributed by atoms with Crippen LogP contribution in [0.15, 0.2) is 0 Å². The van der Waals surface area contributed by atoms with Crippen LogP contribution in [0.1, 0.15) is 47.1 Å². The zero-order valence-corrected chi connectivity index (χ0v) is 16.4. The van der Waals surface area contributed by atoms with Crippen molar-refractivity contribution < 1.29 is 44.7 Å². The molecule has 0 aliphatic heterocycles. The molecule has 2 aromatic rings. The molecular formula is C20H20O9. The molecule has 154 valence electrons. The van der Waals surface area contributed by atoms with Crippen LogP contribution >= 0.6 is 0 Å². The molecule has 1 aliphatic carbocycles. The lowest BCUT2D eigenvalue weighted by Crippen LogP contribution is -2.61. The fourth-order valence-electron chi connectivity index (χ4n) is 3.77. The Kier molecular flexibility index (Phi) is 4.11. The number of aromatic hydroxyl groups is 4. The van der Waals surface area contributed by atoms with Crippen molar-refractivity contribution in [3.8, 4) is 28.7 Å². The number of Topliss-reactive ketones (excluding diaryl/α,β-unsaturated/α-hetero) is 3. The fraction of sp³-hybridized carbons (Fsp3) is 0.350. The van der Waals surface area contributed by atoms with E-state index >= 15 is 0 Å². The van der Waals surface area contributed by atoms with Gasteiger partial charge >= 0.3 is 0 Å². The highest BCUT2D eigenvalue weighted by Crippen LogP contribution is 2.56. The number of ketones is 3. The van der Waals surface area contributed by atoms with Crippen molar-refractivity contribution in [2.75, 3.05) is 7.11 Å². The average molecular weight is 404 g/mol. The number of carbonyl (C=O) groups is 3. The van der Waals surface area contributed by atoms with Gasteiger partial charge < -0.3 is 30.3 Å². The summed E-state index contributed by atoms with van der Waals surface area (Å²) < 4.78 is 4.96. The summed E-state index contributed by atoms with van der Waals surface area (Å²) in [7, 11) is 1.11. The van der Waals surface area contributed by atoms with Gasteiger partial charge in [0.1, 0.15) is 5.78 Å². The van der Waals surface area contributed by atoms with Gasteiger partial charge in [-0.2, -0.15) is 0 Å². The second kappa shape index (κ2) is 5.84. The van der Waals surface area contributed by atoms with E-state index < -0.39 is 68.2 Å². The molecule has 0 bridgehead atoms. The molecule has 1 aliphatic rings. The lowest BCUT2D eigenvalue weighted by molar-refractivity contribution is -0.133. The van der Waals surface area contributed by atoms with Gasteiger partial charge in [0, 0.05) is 16.3 Å². The summed E-state index contributed by atoms with van der Waals surface area (Å²) in [6, 6.07) is 0. The Morgan fingerprint density at radius 2 is 1.38 bits per heavy atom. The van der Waals surface area contributed by atoms with Gasteiger partial charge in [0.15, 0.2) is 23.0 Å². The van der Waals surface area contributed by atoms with Crippen LogP contribution in [-0.4, -0.2) is 55.6 Å². The summed E-state index contributed by atoms with van der Waals surface area (Å²) in [6.45, 7) is 4.73. The minimum absolute atomic E-state index is 0.0878. The molecule has 0 saturated carbocycles. The number of aliphatic hydroxyl groups is 1. The van der Waals surface area contributed by atoms with E-state index in [4.69, 9.17) is 4.74 Å². The molecule has 9 heteroatoms. The molecule has 1 atom stereocenters. The highest BCUT2D eigenvalue weighted by atomic mass is 16.5. The van der Waals surface area contributed by atoms with Gasteiger partial charge in [-0.15, -0.1) is 0 Å². The van der Waals surface area contributed by atoms with Crippen LogP contribution in [0.25, 0.3) is 10.8 Å². The number of ether oxygens (including phenoxy) is 1. The molecule has 9 nitrogen and oxygen atoms in total. The Hall–Kier alpha value is -3.33. The van der Waals surface area contributed by atoms with Crippen LogP contribution in [0.2, 0.25) is 0 Å². The summed E-state index contributed by atoms with van der Waals surface area (Å²) in [5, 5.41) is 52.6. The maximum absolute atomic E-state index is 13.3. The van der Waals surface area contributed by atoms with Crippen molar-refractivity contribution in [2.45, 2.75) is 33.3 Å². The summed E-state index contributed by atoms with van der Waals surface area (Å²) in [5.74, 6) is -7.13. The Labute approximate surface area is 164 Å². The van der Waals surface area contributed by atoms with Crippen LogP contribution in [0.3, 0.4) is 0 Å². The molecule has 3 rings (SSSR count). The third-order valence-corrected chi connectivity index (χ3v) is 5.95. The first kappa shape index (κ1) is 20.4. The predicted molar refractivity (Wildman–Crippen MR) is 100.0 cm³/mol. The smallest absolute Gasteiger partial charge is 0.207 e. The van der Waals surface area contributed by atoms with E-state index in [0.29, 0.717) is 0 Å². The number of carbonyl (C=O) groups excluding carboxylic acids is 3. The first-order valence-electron chi connectivity index (χ1n) is 8.59. The van der Waals surface area contributed by atoms with E-state index in [9.17, 15) is 39.9 Å². The van der Waals surface area contributed by atoms with E-state index in [-0.39, 0.29) is 16.3 Å². The molecule has 0 spiro atoms. The number of phenols is 4. The number of methoxy groups -OCH3 is 1. The molecule has 2 aromatic carbocycles. The van der Waals surface area contributed by atoms with Gasteiger partial charge in [0.2, 0.25) is 22.9 Å². The topological polar surface area (TPSA) is 162 Å². The molecule has 0 aromatic heterocycles. The lowest BCUT2D eigenvalue weighted by Gasteiger charge is -2.41. The molecule has 0 radical (unpaired) electrons. The fourth-order valence-corrected chi connectivity index (χ4v) is 3.77. The first-order valence-corrected chi connectivity index (χ1v) is 8.59. The third kappa shape index (κ3) is 2.10. The number of phenolic OH excluding ortho intramolecular Hbond substituents is 4. The third-order valence-electron chi connectivity index (χ3n) is 5.95. The van der Waals surface area contributed by atoms with Crippen LogP contribution in [0, 0.1) is 12.3 Å². The van der Waals surface area contributed by atoms with E-state index in [2.05, 4.69) is 0 Å². The summed E-state index contributed by atoms with van der Waals surface area (Å²) in [5.41, 5.74) is -6.33. The van der Waals surface area contributed by atoms with Crippen LogP contribution in [0.5, 0.6) is 28.7 Å². The van der Waals surface area contributed by atoms with Crippen LogP contribution in [0.4, 0.5) is 0 Å². The first-order chi connectivity index (χ1) is 13.3. The minimum atomic E-state index is -2.99. The molecule has 5 N–H and O–H groups in total. The maximum Gasteiger partial charge on any atom is 0.207 e. The zero-order valence-electron chi connectivity index (χ0n) is 16.4. The summed E-state index contributed by atoms with van der Waals surface area (Å²) in [4.78, 5) is 38.8. The van der Waals surface area contributed by atoms with Gasteiger partial charge in [-0.25, -0.2) is 0 Å². The van der Waals surface area contributed by atoms with Crippen molar-refractivity contribution in [3.63, 3.8) is 0 Å². The maximum atomic E-state index is 13.3. The molecule has 0 amide bonds. The van der Waals surface area contributed by atoms with E-state index in [1.165, 1.54) is 20.8 Å². The minimum Gasteiger partial charge on any atom is -0.504 e. The molecule has 0 heterocycles. The van der Waals surface area contributed by atoms with Gasteiger partial charge in [-0.3, -0.25) is 14.4 Å². The Morgan fingerprint density at radius 1 is 0.897 bits per heavy atom. The number of hydrogen-bond acceptors (Lipinski definition) is 9. The second-order valence-corrected chi connectivity index (χ2v) is 7.60. The second-order valence-electron chi connectivity index (χ2n) is 7.60. The van der Waals surface area contributed by atoms with Crippen LogP contribution in [-0.2, 0) is 4.79 Å². The molecule has 0 fully saturated rings. The van der Waals surface area contributed by atoms with Crippen molar-refractivity contribution in [1.82, 2.24) is 0 Å². The SMILES string of the molecule is COc1c(O)c2c3c(c(O)c(O)c(C)c3c1O)C(=O)C(O)(C(C)(C)C(C)=O)C2=O. The number of benzene rings is 2. The highest BCUT2D eigenvalue weighted by Gasteiger charge is 2.62. The van der Waals surface area contributed by atoms with Gasteiger partial charge in [-0.1, -0.05) is 0 Å². The van der Waals surface area contributed by atoms with Gasteiger partial charge in [-0.05, 0) is 27.7 Å². The Balaban J connectivity index is 2.68. The van der Waals surface area contributed by atoms with Crippen molar-refractivity contribution in [1.29, 1.82) is 0 Å². The van der Waals surface area contributed by atoms with E-state index in [0.717, 1.165) is 14.0 Å². The monoisotopic (exact) mass is 404 g/mol. The molecule has 29 heavy (non-hydrogen) atoms. The standard InChI is InChI=1S/C20H20O9/c1-6-8-9-10(13(23)12(6)22)17(26)20(28,19(3,4)7(2)21)18(27)11(9)15(25)16(29-5)14(8)24/h22-25,28H,1-5H3. The molecule has 1 unspecified atom stereocenters. The van der Waals surface area contributed by atoms with E-state index in [1.807, 2.05) is 0 Å². The molecular weight excluding hydrogens is 384 g/mol. The summed E-state index contributed by atoms with van der Waals surface area (Å²) in [6.07, 6.45) is 0. The Bertz CT molecular complexity index is 1140. The van der Waals surface area contributed by atoms with E-state index in [1.54, 1.807) is 0 Å². The van der Waals surface area contributed by atoms with Crippen LogP contribution < -0.4 is 4.74 Å².